The molecule has 1 heterocycles. The van der Waals surface area contributed by atoms with Gasteiger partial charge in [-0.2, -0.15) is 5.10 Å². The Morgan fingerprint density at radius 3 is 2.45 bits per heavy atom. The van der Waals surface area contributed by atoms with Gasteiger partial charge in [0.1, 0.15) is 0 Å². The van der Waals surface area contributed by atoms with Gasteiger partial charge in [-0.15, -0.1) is 0 Å². The van der Waals surface area contributed by atoms with Gasteiger partial charge in [0.05, 0.1) is 11.4 Å². The number of hydrogen-bond acceptors (Lipinski definition) is 2. The van der Waals surface area contributed by atoms with Gasteiger partial charge in [-0.05, 0) is 44.0 Å². The molecule has 0 aliphatic carbocycles. The lowest BCUT2D eigenvalue weighted by Crippen LogP contribution is -2.22. The van der Waals surface area contributed by atoms with Crippen molar-refractivity contribution in [2.45, 2.75) is 47.2 Å². The van der Waals surface area contributed by atoms with Crippen LogP contribution in [0.5, 0.6) is 0 Å². The first kappa shape index (κ1) is 15.1. The molecular weight excluding hydrogens is 270 g/mol. The monoisotopic (exact) mass is 291 g/mol. The zero-order valence-corrected chi connectivity index (χ0v) is 13.5. The molecule has 0 unspecified atom stereocenters. The number of aromatic nitrogens is 2. The maximum Gasteiger partial charge on any atom is 0.0663 e. The van der Waals surface area contributed by atoms with E-state index in [4.69, 9.17) is 11.6 Å². The minimum Gasteiger partial charge on any atom is -0.310 e. The molecule has 0 spiro atoms. The number of nitrogens with one attached hydrogen (secondary N) is 1. The normalized spacial score (nSPS) is 11.3. The van der Waals surface area contributed by atoms with Crippen LogP contribution in [-0.2, 0) is 6.54 Å². The smallest absolute Gasteiger partial charge is 0.0663 e. The molecule has 0 radical (unpaired) electrons. The number of benzene rings is 1. The highest BCUT2D eigenvalue weighted by Gasteiger charge is 2.10. The summed E-state index contributed by atoms with van der Waals surface area (Å²) in [5.41, 5.74) is 5.57. The number of halogens is 1. The Bertz CT molecular complexity index is 614. The van der Waals surface area contributed by atoms with Crippen molar-refractivity contribution in [3.63, 3.8) is 0 Å². The molecule has 1 aromatic heterocycles. The van der Waals surface area contributed by atoms with Gasteiger partial charge >= 0.3 is 0 Å². The van der Waals surface area contributed by atoms with Gasteiger partial charge in [-0.25, -0.2) is 4.68 Å². The second kappa shape index (κ2) is 5.98. The van der Waals surface area contributed by atoms with Crippen LogP contribution in [0.2, 0.25) is 5.02 Å². The van der Waals surface area contributed by atoms with Crippen molar-refractivity contribution < 1.29 is 0 Å². The molecule has 108 valence electrons. The summed E-state index contributed by atoms with van der Waals surface area (Å²) in [4.78, 5) is 0. The van der Waals surface area contributed by atoms with Gasteiger partial charge < -0.3 is 5.32 Å². The van der Waals surface area contributed by atoms with Crippen LogP contribution in [0.1, 0.15) is 36.4 Å². The Hall–Kier alpha value is -1.32. The molecule has 0 atom stereocenters. The fourth-order valence-electron chi connectivity index (χ4n) is 2.10. The average Bonchev–Trinajstić information content (AvgIpc) is 2.65. The summed E-state index contributed by atoms with van der Waals surface area (Å²) in [5.74, 6) is 0. The molecule has 2 aromatic rings. The number of rotatable bonds is 4. The Balaban J connectivity index is 2.31. The van der Waals surface area contributed by atoms with E-state index in [2.05, 4.69) is 50.2 Å². The lowest BCUT2D eigenvalue weighted by molar-refractivity contribution is 0.589. The highest BCUT2D eigenvalue weighted by molar-refractivity contribution is 6.31. The number of nitrogens with zero attached hydrogens (tertiary/aromatic N) is 2. The van der Waals surface area contributed by atoms with E-state index in [1.165, 1.54) is 5.56 Å². The lowest BCUT2D eigenvalue weighted by atomic mass is 10.2. The van der Waals surface area contributed by atoms with E-state index in [0.29, 0.717) is 6.04 Å². The van der Waals surface area contributed by atoms with Crippen LogP contribution in [0, 0.1) is 20.8 Å². The molecule has 0 fully saturated rings. The van der Waals surface area contributed by atoms with Crippen LogP contribution in [0.15, 0.2) is 18.2 Å². The minimum atomic E-state index is 0.449. The van der Waals surface area contributed by atoms with Gasteiger partial charge in [-0.1, -0.05) is 31.5 Å². The van der Waals surface area contributed by atoms with E-state index >= 15 is 0 Å². The predicted molar refractivity (Wildman–Crippen MR) is 84.8 cm³/mol. The molecule has 1 aromatic carbocycles. The van der Waals surface area contributed by atoms with Crippen LogP contribution in [-0.4, -0.2) is 15.8 Å². The number of aryl methyl sites for hydroxylation is 1. The van der Waals surface area contributed by atoms with Crippen LogP contribution in [0.25, 0.3) is 5.69 Å². The zero-order valence-electron chi connectivity index (χ0n) is 12.8. The molecule has 0 bridgehead atoms. The second-order valence-electron chi connectivity index (χ2n) is 5.52. The highest BCUT2D eigenvalue weighted by Crippen LogP contribution is 2.23. The van der Waals surface area contributed by atoms with Crippen molar-refractivity contribution in [1.82, 2.24) is 15.1 Å². The van der Waals surface area contributed by atoms with E-state index in [0.717, 1.165) is 34.2 Å². The third-order valence-electron chi connectivity index (χ3n) is 3.64. The lowest BCUT2D eigenvalue weighted by Gasteiger charge is -2.11. The fraction of sp³-hybridized carbons (Fsp3) is 0.438. The Morgan fingerprint density at radius 1 is 1.25 bits per heavy atom. The highest BCUT2D eigenvalue weighted by atomic mass is 35.5. The van der Waals surface area contributed by atoms with Gasteiger partial charge in [0, 0.05) is 23.3 Å². The molecule has 0 amide bonds. The van der Waals surface area contributed by atoms with E-state index in [9.17, 15) is 0 Å². The fourth-order valence-corrected chi connectivity index (χ4v) is 2.34. The molecule has 0 aliphatic heterocycles. The van der Waals surface area contributed by atoms with Crippen LogP contribution < -0.4 is 5.32 Å². The van der Waals surface area contributed by atoms with Crippen molar-refractivity contribution >= 4 is 11.6 Å². The molecule has 4 heteroatoms. The van der Waals surface area contributed by atoms with Crippen molar-refractivity contribution in [3.05, 3.63) is 45.7 Å². The standard InChI is InChI=1S/C16H22ClN3/c1-10(2)18-9-14-6-7-15(8-16(14)17)20-13(5)11(3)12(4)19-20/h6-8,10,18H,9H2,1-5H3. The second-order valence-corrected chi connectivity index (χ2v) is 5.93. The molecule has 0 saturated heterocycles. The summed E-state index contributed by atoms with van der Waals surface area (Å²) in [7, 11) is 0. The summed E-state index contributed by atoms with van der Waals surface area (Å²) in [6, 6.07) is 6.57. The first-order valence-corrected chi connectivity index (χ1v) is 7.33. The topological polar surface area (TPSA) is 29.9 Å². The zero-order chi connectivity index (χ0) is 14.9. The van der Waals surface area contributed by atoms with Gasteiger partial charge in [0.15, 0.2) is 0 Å². The van der Waals surface area contributed by atoms with Gasteiger partial charge in [0.25, 0.3) is 0 Å². The number of hydrogen-bond donors (Lipinski definition) is 1. The largest absolute Gasteiger partial charge is 0.310 e. The summed E-state index contributed by atoms with van der Waals surface area (Å²) < 4.78 is 1.95. The average molecular weight is 292 g/mol. The van der Waals surface area contributed by atoms with Gasteiger partial charge in [-0.3, -0.25) is 0 Å². The molecule has 2 rings (SSSR count). The van der Waals surface area contributed by atoms with Crippen molar-refractivity contribution in [3.8, 4) is 5.69 Å². The molecule has 0 saturated carbocycles. The predicted octanol–water partition coefficient (Wildman–Crippen LogP) is 3.95. The van der Waals surface area contributed by atoms with Crippen LogP contribution >= 0.6 is 11.6 Å². The van der Waals surface area contributed by atoms with E-state index < -0.39 is 0 Å². The molecule has 1 N–H and O–H groups in total. The Morgan fingerprint density at radius 2 is 1.95 bits per heavy atom. The van der Waals surface area contributed by atoms with Crippen molar-refractivity contribution in [2.75, 3.05) is 0 Å². The molecule has 20 heavy (non-hydrogen) atoms. The Labute approximate surface area is 126 Å². The van der Waals surface area contributed by atoms with Gasteiger partial charge in [0.2, 0.25) is 0 Å². The summed E-state index contributed by atoms with van der Waals surface area (Å²) >= 11 is 6.38. The summed E-state index contributed by atoms with van der Waals surface area (Å²) in [6.45, 7) is 11.2. The maximum absolute atomic E-state index is 6.38. The first-order chi connectivity index (χ1) is 9.40. The maximum atomic E-state index is 6.38. The summed E-state index contributed by atoms with van der Waals surface area (Å²) in [5, 5.41) is 8.73. The third-order valence-corrected chi connectivity index (χ3v) is 3.99. The van der Waals surface area contributed by atoms with Crippen molar-refractivity contribution in [2.24, 2.45) is 0 Å². The quantitative estimate of drug-likeness (QED) is 0.924. The third kappa shape index (κ3) is 3.05. The van der Waals surface area contributed by atoms with Crippen LogP contribution in [0.3, 0.4) is 0 Å². The van der Waals surface area contributed by atoms with E-state index in [-0.39, 0.29) is 0 Å². The van der Waals surface area contributed by atoms with E-state index in [1.807, 2.05) is 17.7 Å². The first-order valence-electron chi connectivity index (χ1n) is 6.95. The van der Waals surface area contributed by atoms with E-state index in [1.54, 1.807) is 0 Å². The minimum absolute atomic E-state index is 0.449. The molecule has 3 nitrogen and oxygen atoms in total. The molecule has 0 aliphatic rings. The van der Waals surface area contributed by atoms with Crippen molar-refractivity contribution in [1.29, 1.82) is 0 Å². The summed E-state index contributed by atoms with van der Waals surface area (Å²) in [6.07, 6.45) is 0. The Kier molecular flexibility index (Phi) is 4.51. The molecular formula is C16H22ClN3. The van der Waals surface area contributed by atoms with Crippen LogP contribution in [0.4, 0.5) is 0 Å². The SMILES string of the molecule is Cc1nn(-c2ccc(CNC(C)C)c(Cl)c2)c(C)c1C.